The molecule has 2 aromatic heterocycles. The quantitative estimate of drug-likeness (QED) is 0.743. The van der Waals surface area contributed by atoms with Crippen LogP contribution in [-0.2, 0) is 14.2 Å². The summed E-state index contributed by atoms with van der Waals surface area (Å²) in [6, 6.07) is 3.49. The van der Waals surface area contributed by atoms with Crippen molar-refractivity contribution in [1.82, 2.24) is 14.8 Å². The molecule has 4 unspecified atom stereocenters. The van der Waals surface area contributed by atoms with Crippen LogP contribution in [-0.4, -0.2) is 73.0 Å². The van der Waals surface area contributed by atoms with Gasteiger partial charge >= 0.3 is 0 Å². The van der Waals surface area contributed by atoms with Crippen LogP contribution in [0.3, 0.4) is 0 Å². The maximum Gasteiger partial charge on any atom is 0.164 e. The number of hydrogen-bond acceptors (Lipinski definition) is 7. The Labute approximate surface area is 183 Å². The van der Waals surface area contributed by atoms with E-state index in [9.17, 15) is 0 Å². The zero-order valence-electron chi connectivity index (χ0n) is 18.4. The van der Waals surface area contributed by atoms with Gasteiger partial charge in [0.25, 0.3) is 0 Å². The minimum absolute atomic E-state index is 0.0217. The van der Waals surface area contributed by atoms with Crippen molar-refractivity contribution in [2.45, 2.75) is 69.3 Å². The first-order chi connectivity index (χ1) is 15.3. The van der Waals surface area contributed by atoms with Crippen LogP contribution in [0, 0.1) is 0 Å². The van der Waals surface area contributed by atoms with E-state index in [0.29, 0.717) is 18.1 Å². The number of rotatable bonds is 4. The van der Waals surface area contributed by atoms with Crippen molar-refractivity contribution in [2.24, 2.45) is 0 Å². The molecule has 8 heteroatoms. The SMILES string of the molecule is CN(c1cc(N2C3CCC2COC3)nc2c1cnn2C1CCCCO1)C1CCCOC1. The molecule has 4 fully saturated rings. The summed E-state index contributed by atoms with van der Waals surface area (Å²) in [5.41, 5.74) is 2.14. The minimum atomic E-state index is -0.0217. The predicted octanol–water partition coefficient (Wildman–Crippen LogP) is 3.11. The molecule has 31 heavy (non-hydrogen) atoms. The van der Waals surface area contributed by atoms with Crippen LogP contribution < -0.4 is 9.80 Å². The van der Waals surface area contributed by atoms with E-state index in [-0.39, 0.29) is 6.23 Å². The van der Waals surface area contributed by atoms with Crippen molar-refractivity contribution in [2.75, 3.05) is 49.9 Å². The van der Waals surface area contributed by atoms with Gasteiger partial charge in [-0.3, -0.25) is 0 Å². The summed E-state index contributed by atoms with van der Waals surface area (Å²) in [5.74, 6) is 1.06. The lowest BCUT2D eigenvalue weighted by molar-refractivity contribution is -0.0370. The molecule has 0 radical (unpaired) electrons. The summed E-state index contributed by atoms with van der Waals surface area (Å²) in [4.78, 5) is 10.1. The van der Waals surface area contributed by atoms with Gasteiger partial charge in [0.15, 0.2) is 11.9 Å². The van der Waals surface area contributed by atoms with Gasteiger partial charge in [-0.2, -0.15) is 5.10 Å². The zero-order chi connectivity index (χ0) is 20.8. The highest BCUT2D eigenvalue weighted by Gasteiger charge is 2.39. The van der Waals surface area contributed by atoms with Gasteiger partial charge in [-0.15, -0.1) is 0 Å². The van der Waals surface area contributed by atoms with E-state index in [1.165, 1.54) is 24.9 Å². The fourth-order valence-electron chi connectivity index (χ4n) is 5.77. The number of fused-ring (bicyclic) bond motifs is 3. The van der Waals surface area contributed by atoms with Crippen LogP contribution >= 0.6 is 0 Å². The summed E-state index contributed by atoms with van der Waals surface area (Å²) in [7, 11) is 2.19. The first-order valence-electron chi connectivity index (χ1n) is 12.0. The number of anilines is 2. The van der Waals surface area contributed by atoms with Crippen molar-refractivity contribution in [3.05, 3.63) is 12.3 Å². The highest BCUT2D eigenvalue weighted by Crippen LogP contribution is 2.39. The van der Waals surface area contributed by atoms with E-state index in [4.69, 9.17) is 24.3 Å². The van der Waals surface area contributed by atoms with Gasteiger partial charge in [-0.1, -0.05) is 0 Å². The number of ether oxygens (including phenoxy) is 3. The van der Waals surface area contributed by atoms with E-state index in [2.05, 4.69) is 22.9 Å². The van der Waals surface area contributed by atoms with Gasteiger partial charge < -0.3 is 24.0 Å². The number of aromatic nitrogens is 3. The lowest BCUT2D eigenvalue weighted by atomic mass is 10.1. The fourth-order valence-corrected chi connectivity index (χ4v) is 5.77. The summed E-state index contributed by atoms with van der Waals surface area (Å²) >= 11 is 0. The molecule has 0 N–H and O–H groups in total. The second kappa shape index (κ2) is 8.22. The second-order valence-electron chi connectivity index (χ2n) is 9.46. The smallest absolute Gasteiger partial charge is 0.164 e. The maximum atomic E-state index is 6.08. The summed E-state index contributed by atoms with van der Waals surface area (Å²) in [6.07, 6.45) is 9.87. The Morgan fingerprint density at radius 2 is 1.84 bits per heavy atom. The standard InChI is InChI=1S/C23H33N5O3/c1-26(16-5-4-9-29-13-16)20-11-21(27-17-7-8-18(27)15-30-14-17)25-23-19(20)12-24-28(23)22-6-2-3-10-31-22/h11-12,16-18,22H,2-10,13-15H2,1H3. The summed E-state index contributed by atoms with van der Waals surface area (Å²) < 4.78 is 19.7. The molecule has 0 amide bonds. The molecule has 2 bridgehead atoms. The molecule has 2 aromatic rings. The Kier molecular flexibility index (Phi) is 5.24. The number of morpholine rings is 1. The second-order valence-corrected chi connectivity index (χ2v) is 9.46. The van der Waals surface area contributed by atoms with Crippen LogP contribution in [0.15, 0.2) is 12.3 Å². The Bertz CT molecular complexity index is 905. The molecule has 6 rings (SSSR count). The molecule has 6 heterocycles. The zero-order valence-corrected chi connectivity index (χ0v) is 18.4. The normalized spacial score (nSPS) is 31.3. The highest BCUT2D eigenvalue weighted by molar-refractivity contribution is 5.91. The van der Waals surface area contributed by atoms with Gasteiger partial charge in [-0.25, -0.2) is 9.67 Å². The first kappa shape index (κ1) is 19.8. The van der Waals surface area contributed by atoms with Crippen molar-refractivity contribution >= 4 is 22.5 Å². The Morgan fingerprint density at radius 3 is 2.58 bits per heavy atom. The van der Waals surface area contributed by atoms with E-state index in [1.807, 2.05) is 10.9 Å². The molecule has 0 spiro atoms. The Morgan fingerprint density at radius 1 is 0.968 bits per heavy atom. The van der Waals surface area contributed by atoms with Crippen LogP contribution in [0.1, 0.15) is 51.2 Å². The summed E-state index contributed by atoms with van der Waals surface area (Å²) in [5, 5.41) is 5.88. The molecule has 0 aliphatic carbocycles. The van der Waals surface area contributed by atoms with Gasteiger partial charge in [0.05, 0.1) is 55.2 Å². The van der Waals surface area contributed by atoms with Gasteiger partial charge in [-0.05, 0) is 44.9 Å². The van der Waals surface area contributed by atoms with Crippen LogP contribution in [0.4, 0.5) is 11.5 Å². The third-order valence-electron chi connectivity index (χ3n) is 7.53. The largest absolute Gasteiger partial charge is 0.379 e. The van der Waals surface area contributed by atoms with Crippen molar-refractivity contribution in [1.29, 1.82) is 0 Å². The van der Waals surface area contributed by atoms with Crippen molar-refractivity contribution < 1.29 is 14.2 Å². The number of hydrogen-bond donors (Lipinski definition) is 0. The molecule has 4 aliphatic heterocycles. The maximum absolute atomic E-state index is 6.08. The molecular formula is C23H33N5O3. The molecule has 168 valence electrons. The highest BCUT2D eigenvalue weighted by atomic mass is 16.5. The molecular weight excluding hydrogens is 394 g/mol. The third kappa shape index (κ3) is 3.49. The number of likely N-dealkylation sites (N-methyl/N-ethyl adjacent to an activating group) is 1. The molecule has 4 atom stereocenters. The van der Waals surface area contributed by atoms with Crippen LogP contribution in [0.5, 0.6) is 0 Å². The lowest BCUT2D eigenvalue weighted by Gasteiger charge is -2.37. The molecule has 4 aliphatic rings. The average molecular weight is 428 g/mol. The molecule has 4 saturated heterocycles. The predicted molar refractivity (Wildman–Crippen MR) is 119 cm³/mol. The summed E-state index contributed by atoms with van der Waals surface area (Å²) in [6.45, 7) is 4.03. The molecule has 0 saturated carbocycles. The van der Waals surface area contributed by atoms with Crippen molar-refractivity contribution in [3.63, 3.8) is 0 Å². The average Bonchev–Trinajstić information content (AvgIpc) is 3.36. The minimum Gasteiger partial charge on any atom is -0.379 e. The number of nitrogens with zero attached hydrogens (tertiary/aromatic N) is 5. The van der Waals surface area contributed by atoms with Gasteiger partial charge in [0, 0.05) is 26.3 Å². The van der Waals surface area contributed by atoms with E-state index < -0.39 is 0 Å². The first-order valence-corrected chi connectivity index (χ1v) is 12.0. The fraction of sp³-hybridized carbons (Fsp3) is 0.739. The lowest BCUT2D eigenvalue weighted by Crippen LogP contribution is -2.46. The van der Waals surface area contributed by atoms with E-state index >= 15 is 0 Å². The third-order valence-corrected chi connectivity index (χ3v) is 7.53. The van der Waals surface area contributed by atoms with Gasteiger partial charge in [0.1, 0.15) is 5.82 Å². The number of pyridine rings is 1. The Balaban J connectivity index is 1.45. The Hall–Kier alpha value is -1.90. The topological polar surface area (TPSA) is 64.9 Å². The molecule has 0 aromatic carbocycles. The van der Waals surface area contributed by atoms with E-state index in [0.717, 1.165) is 75.6 Å². The molecule has 8 nitrogen and oxygen atoms in total. The van der Waals surface area contributed by atoms with Crippen LogP contribution in [0.25, 0.3) is 11.0 Å². The van der Waals surface area contributed by atoms with Gasteiger partial charge in [0.2, 0.25) is 0 Å². The van der Waals surface area contributed by atoms with E-state index in [1.54, 1.807) is 0 Å². The van der Waals surface area contributed by atoms with Crippen molar-refractivity contribution in [3.8, 4) is 0 Å². The monoisotopic (exact) mass is 427 g/mol. The van der Waals surface area contributed by atoms with Crippen LogP contribution in [0.2, 0.25) is 0 Å².